The maximum Gasteiger partial charge on any atom is 1.00 e. The van der Waals surface area contributed by atoms with Crippen LogP contribution < -0.4 is 162 Å². The molecule has 0 aromatic carbocycles. The summed E-state index contributed by atoms with van der Waals surface area (Å²) in [5.41, 5.74) is 21.4. The van der Waals surface area contributed by atoms with E-state index >= 15 is 0 Å². The van der Waals surface area contributed by atoms with Gasteiger partial charge < -0.3 is 65.8 Å². The summed E-state index contributed by atoms with van der Waals surface area (Å²) in [4.78, 5) is 71.6. The van der Waals surface area contributed by atoms with Crippen LogP contribution >= 0.6 is 0 Å². The fourth-order valence-corrected chi connectivity index (χ4v) is 0.561. The standard InChI is InChI=1S/C5H16N4.8C2H4O2.4Na/c1-2-3-4(6)5(7,8)9;8*1-2(3)4;;;;/h4H,2-3,6-9H2,1H3;8*1H3,(H,3,4);;;;/q;;;;;;;;;4*+1/p-4. The second-order valence-corrected chi connectivity index (χ2v) is 6.44. The number of aliphatic carboxylic acids is 8. The Morgan fingerprint density at radius 3 is 0.622 bits per heavy atom. The molecule has 248 valence electrons. The third-order valence-electron chi connectivity index (χ3n) is 1.24. The van der Waals surface area contributed by atoms with Crippen molar-refractivity contribution in [2.24, 2.45) is 22.9 Å². The van der Waals surface area contributed by atoms with E-state index in [1.165, 1.54) is 0 Å². The SMILES string of the molecule is CC(=O)O.CC(=O)O.CC(=O)O.CC(=O)O.CC(=O)[O-].CC(=O)[O-].CC(=O)[O-].CC(=O)[O-].CCCC(N)C(N)(N)N.[Na+].[Na+].[Na+].[Na+]. The summed E-state index contributed by atoms with van der Waals surface area (Å²) < 4.78 is 0. The molecule has 20 nitrogen and oxygen atoms in total. The van der Waals surface area contributed by atoms with Gasteiger partial charge in [-0.1, -0.05) is 13.3 Å². The van der Waals surface area contributed by atoms with Gasteiger partial charge in [0.05, 0.1) is 0 Å². The van der Waals surface area contributed by atoms with Crippen molar-refractivity contribution < 1.29 is 197 Å². The second-order valence-electron chi connectivity index (χ2n) is 6.44. The van der Waals surface area contributed by atoms with Crippen molar-refractivity contribution in [2.45, 2.75) is 87.0 Å². The number of hydrogen-bond acceptors (Lipinski definition) is 16. The monoisotopic (exact) mass is 700 g/mol. The topological polar surface area (TPSA) is 414 Å². The van der Waals surface area contributed by atoms with Gasteiger partial charge in [0.1, 0.15) is 5.79 Å². The third kappa shape index (κ3) is 1020. The number of nitrogens with two attached hydrogens (primary N) is 4. The molecule has 0 rings (SSSR count). The number of rotatable bonds is 3. The van der Waals surface area contributed by atoms with Crippen LogP contribution in [0.4, 0.5) is 0 Å². The van der Waals surface area contributed by atoms with Crippen molar-refractivity contribution in [3.63, 3.8) is 0 Å². The molecule has 0 radical (unpaired) electrons. The Labute approximate surface area is 351 Å². The minimum atomic E-state index is -1.21. The molecule has 24 heteroatoms. The smallest absolute Gasteiger partial charge is 0.550 e. The number of carboxylic acids is 8. The van der Waals surface area contributed by atoms with Gasteiger partial charge >= 0.3 is 118 Å². The fraction of sp³-hybridized carbons (Fsp3) is 0.619. The van der Waals surface area contributed by atoms with Crippen LogP contribution in [0.3, 0.4) is 0 Å². The van der Waals surface area contributed by atoms with E-state index in [1.54, 1.807) is 0 Å². The van der Waals surface area contributed by atoms with Gasteiger partial charge in [0.2, 0.25) is 0 Å². The zero-order chi connectivity index (χ0) is 36.1. The van der Waals surface area contributed by atoms with Gasteiger partial charge in [-0.25, -0.2) is 0 Å². The first-order chi connectivity index (χ1) is 17.8. The zero-order valence-corrected chi connectivity index (χ0v) is 36.5. The Balaban J connectivity index is -0.0000000235. The summed E-state index contributed by atoms with van der Waals surface area (Å²) in [7, 11) is 0. The van der Waals surface area contributed by atoms with Gasteiger partial charge in [0, 0.05) is 57.6 Å². The Morgan fingerprint density at radius 1 is 0.511 bits per heavy atom. The van der Waals surface area contributed by atoms with Crippen LogP contribution in [0.2, 0.25) is 0 Å². The van der Waals surface area contributed by atoms with E-state index in [1.807, 2.05) is 6.92 Å². The Bertz CT molecular complexity index is 552. The van der Waals surface area contributed by atoms with E-state index < -0.39 is 53.5 Å². The molecule has 0 aliphatic rings. The maximum absolute atomic E-state index is 9.00. The van der Waals surface area contributed by atoms with Crippen LogP contribution in [0.1, 0.15) is 75.2 Å². The fourth-order valence-electron chi connectivity index (χ4n) is 0.561. The summed E-state index contributed by atoms with van der Waals surface area (Å²) in [6.45, 7) is 10.2. The van der Waals surface area contributed by atoms with E-state index in [2.05, 4.69) is 0 Å². The zero-order valence-electron chi connectivity index (χ0n) is 28.5. The summed E-state index contributed by atoms with van der Waals surface area (Å²) >= 11 is 0. The Hall–Kier alpha value is -0.400. The van der Waals surface area contributed by atoms with Gasteiger partial charge in [-0.05, 0) is 34.1 Å². The number of carboxylic acid groups (broad SMARTS) is 8. The van der Waals surface area contributed by atoms with Gasteiger partial charge in [0.15, 0.2) is 0 Å². The van der Waals surface area contributed by atoms with Crippen LogP contribution in [0, 0.1) is 0 Å². The van der Waals surface area contributed by atoms with E-state index in [0.29, 0.717) is 0 Å². The van der Waals surface area contributed by atoms with E-state index in [-0.39, 0.29) is 124 Å². The van der Waals surface area contributed by atoms with Crippen molar-refractivity contribution in [3.8, 4) is 0 Å². The first kappa shape index (κ1) is 84.9. The molecule has 0 aliphatic carbocycles. The van der Waals surface area contributed by atoms with Crippen molar-refractivity contribution in [2.75, 3.05) is 0 Å². The van der Waals surface area contributed by atoms with Crippen LogP contribution in [0.15, 0.2) is 0 Å². The van der Waals surface area contributed by atoms with Crippen molar-refractivity contribution in [1.82, 2.24) is 0 Å². The van der Waals surface area contributed by atoms with Gasteiger partial charge in [0.25, 0.3) is 23.9 Å². The molecule has 0 aliphatic heterocycles. The van der Waals surface area contributed by atoms with Crippen molar-refractivity contribution in [3.05, 3.63) is 0 Å². The Morgan fingerprint density at radius 2 is 0.600 bits per heavy atom. The minimum Gasteiger partial charge on any atom is -0.550 e. The molecule has 0 bridgehead atoms. The predicted molar refractivity (Wildman–Crippen MR) is 134 cm³/mol. The summed E-state index contributed by atoms with van der Waals surface area (Å²) in [5.74, 6) is -8.88. The van der Waals surface area contributed by atoms with Crippen LogP contribution in [0.25, 0.3) is 0 Å². The minimum absolute atomic E-state index is 0. The number of carbonyl (C=O) groups excluding carboxylic acids is 4. The van der Waals surface area contributed by atoms with Gasteiger partial charge in [-0.15, -0.1) is 0 Å². The molecule has 0 saturated heterocycles. The molecule has 0 amide bonds. The largest absolute Gasteiger partial charge is 1.00 e. The molecule has 0 heterocycles. The Kier molecular flexibility index (Phi) is 125. The summed E-state index contributed by atoms with van der Waals surface area (Å²) in [6, 6.07) is -0.303. The van der Waals surface area contributed by atoms with Crippen LogP contribution in [-0.4, -0.2) is 80.0 Å². The molecule has 1 unspecified atom stereocenters. The quantitative estimate of drug-likeness (QED) is 0.1000. The molecule has 0 saturated carbocycles. The molecule has 0 fully saturated rings. The summed E-state index contributed by atoms with van der Waals surface area (Å²) in [5, 5.41) is 65.2. The molecular weight excluding hydrogens is 656 g/mol. The van der Waals surface area contributed by atoms with Gasteiger partial charge in [-0.3, -0.25) is 36.4 Å². The van der Waals surface area contributed by atoms with Crippen molar-refractivity contribution in [1.29, 1.82) is 0 Å². The second kappa shape index (κ2) is 66.1. The normalized spacial score (nSPS) is 7.58. The van der Waals surface area contributed by atoms with Crippen LogP contribution in [-0.2, 0) is 38.4 Å². The average Bonchev–Trinajstić information content (AvgIpc) is 2.57. The van der Waals surface area contributed by atoms with E-state index in [0.717, 1.165) is 68.2 Å². The number of hydrogen-bond donors (Lipinski definition) is 8. The summed E-state index contributed by atoms with van der Waals surface area (Å²) in [6.07, 6.45) is 1.72. The number of carbonyl (C=O) groups is 8. The average molecular weight is 701 g/mol. The third-order valence-corrected chi connectivity index (χ3v) is 1.24. The molecule has 1 atom stereocenters. The van der Waals surface area contributed by atoms with Crippen molar-refractivity contribution >= 4 is 47.8 Å². The molecule has 12 N–H and O–H groups in total. The van der Waals surface area contributed by atoms with E-state index in [9.17, 15) is 0 Å². The molecular formula is C21H44N4Na4O16. The van der Waals surface area contributed by atoms with Gasteiger partial charge in [-0.2, -0.15) is 0 Å². The molecule has 0 spiro atoms. The first-order valence-corrected chi connectivity index (χ1v) is 10.4. The predicted octanol–water partition coefficient (Wildman–Crippen LogP) is -18.0. The molecule has 45 heavy (non-hydrogen) atoms. The maximum atomic E-state index is 9.00. The van der Waals surface area contributed by atoms with E-state index in [4.69, 9.17) is 102 Å². The molecule has 0 aromatic heterocycles. The van der Waals surface area contributed by atoms with Crippen LogP contribution in [0.5, 0.6) is 0 Å². The molecule has 0 aromatic rings. The first-order valence-electron chi connectivity index (χ1n) is 10.4.